The van der Waals surface area contributed by atoms with Crippen LogP contribution in [0, 0.1) is 5.92 Å². The molecule has 2 bridgehead atoms. The van der Waals surface area contributed by atoms with E-state index >= 15 is 0 Å². The van der Waals surface area contributed by atoms with E-state index in [1.807, 2.05) is 59.5 Å². The minimum Gasteiger partial charge on any atom is -0.484 e. The molecule has 2 aliphatic rings. The lowest BCUT2D eigenvalue weighted by atomic mass is 9.83. The maximum absolute atomic E-state index is 13.1. The van der Waals surface area contributed by atoms with Crippen LogP contribution in [0.4, 0.5) is 5.69 Å². The normalized spacial score (nSPS) is 18.3. The van der Waals surface area contributed by atoms with E-state index in [0.717, 1.165) is 12.1 Å². The topological polar surface area (TPSA) is 89.9 Å². The molecule has 3 aromatic rings. The molecule has 2 amide bonds. The molecule has 0 radical (unpaired) electrons. The van der Waals surface area contributed by atoms with Crippen LogP contribution in [-0.2, 0) is 16.1 Å². The molecule has 8 heteroatoms. The molecule has 3 heterocycles. The Labute approximate surface area is 203 Å². The predicted octanol–water partition coefficient (Wildman–Crippen LogP) is 2.89. The van der Waals surface area contributed by atoms with Crippen molar-refractivity contribution < 1.29 is 19.1 Å². The van der Waals surface area contributed by atoms with Crippen LogP contribution in [0.2, 0.25) is 0 Å². The molecule has 2 aromatic carbocycles. The number of ether oxygens (including phenoxy) is 2. The Kier molecular flexibility index (Phi) is 6.52. The molecule has 2 unspecified atom stereocenters. The molecule has 0 spiro atoms. The van der Waals surface area contributed by atoms with Crippen LogP contribution in [0.3, 0.4) is 0 Å². The first-order valence-corrected chi connectivity index (χ1v) is 11.7. The fraction of sp³-hybridized carbons (Fsp3) is 0.296. The van der Waals surface area contributed by atoms with Crippen molar-refractivity contribution in [1.29, 1.82) is 0 Å². The van der Waals surface area contributed by atoms with Crippen LogP contribution >= 0.6 is 0 Å². The zero-order valence-corrected chi connectivity index (χ0v) is 19.3. The van der Waals surface area contributed by atoms with E-state index in [2.05, 4.69) is 5.32 Å². The number of fused-ring (bicyclic) bond motifs is 4. The number of pyridine rings is 1. The SMILES string of the molecule is O=C(COc1ccccc1)Nc1ccc2n(c1=O)CC1CC2CN(C(=O)COc2ccccc2)C1. The van der Waals surface area contributed by atoms with Crippen LogP contribution in [0.5, 0.6) is 11.5 Å². The maximum atomic E-state index is 13.1. The van der Waals surface area contributed by atoms with Gasteiger partial charge in [0, 0.05) is 31.2 Å². The van der Waals surface area contributed by atoms with Crippen LogP contribution in [-0.4, -0.2) is 47.6 Å². The third kappa shape index (κ3) is 5.21. The molecule has 2 aliphatic heterocycles. The Morgan fingerprint density at radius 3 is 2.17 bits per heavy atom. The standard InChI is InChI=1S/C27H27N3O5/c31-25(17-34-21-7-3-1-4-8-21)28-23-11-12-24-20-13-19(15-30(24)27(23)33)14-29(16-20)26(32)18-35-22-9-5-2-6-10-22/h1-12,19-20H,13-18H2,(H,28,31). The molecule has 180 valence electrons. The summed E-state index contributed by atoms with van der Waals surface area (Å²) in [4.78, 5) is 40.1. The monoisotopic (exact) mass is 473 g/mol. The third-order valence-corrected chi connectivity index (χ3v) is 6.45. The number of nitrogens with zero attached hydrogens (tertiary/aromatic N) is 2. The number of piperidine rings is 1. The molecular formula is C27H27N3O5. The number of carbonyl (C=O) groups is 2. The van der Waals surface area contributed by atoms with E-state index in [1.54, 1.807) is 22.8 Å². The number of carbonyl (C=O) groups excluding carboxylic acids is 2. The number of benzene rings is 2. The van der Waals surface area contributed by atoms with Crippen molar-refractivity contribution in [2.24, 2.45) is 5.92 Å². The number of hydrogen-bond donors (Lipinski definition) is 1. The highest BCUT2D eigenvalue weighted by molar-refractivity contribution is 5.91. The van der Waals surface area contributed by atoms with Crippen LogP contribution in [0.25, 0.3) is 0 Å². The number of likely N-dealkylation sites (tertiary alicyclic amines) is 1. The second kappa shape index (κ2) is 10.0. The van der Waals surface area contributed by atoms with Gasteiger partial charge in [0.05, 0.1) is 0 Å². The summed E-state index contributed by atoms with van der Waals surface area (Å²) in [5.74, 6) is 1.05. The highest BCUT2D eigenvalue weighted by Gasteiger charge is 2.36. The number of rotatable bonds is 7. The summed E-state index contributed by atoms with van der Waals surface area (Å²) in [5, 5.41) is 2.68. The van der Waals surface area contributed by atoms with Crippen molar-refractivity contribution in [3.63, 3.8) is 0 Å². The summed E-state index contributed by atoms with van der Waals surface area (Å²) in [6.45, 7) is 1.45. The summed E-state index contributed by atoms with van der Waals surface area (Å²) in [5.41, 5.74) is 0.906. The van der Waals surface area contributed by atoms with Gasteiger partial charge in [0.1, 0.15) is 17.2 Å². The number of nitrogens with one attached hydrogen (secondary N) is 1. The average Bonchev–Trinajstić information content (AvgIpc) is 2.89. The number of hydrogen-bond acceptors (Lipinski definition) is 5. The van der Waals surface area contributed by atoms with Crippen LogP contribution < -0.4 is 20.3 Å². The van der Waals surface area contributed by atoms with E-state index in [1.165, 1.54) is 0 Å². The Bertz CT molecular complexity index is 1260. The summed E-state index contributed by atoms with van der Waals surface area (Å²) >= 11 is 0. The first kappa shape index (κ1) is 22.7. The zero-order valence-electron chi connectivity index (χ0n) is 19.3. The van der Waals surface area contributed by atoms with Crippen LogP contribution in [0.15, 0.2) is 77.6 Å². The molecule has 1 N–H and O–H groups in total. The van der Waals surface area contributed by atoms with E-state index in [0.29, 0.717) is 31.1 Å². The van der Waals surface area contributed by atoms with Crippen molar-refractivity contribution in [2.45, 2.75) is 18.9 Å². The molecule has 1 aromatic heterocycles. The minimum atomic E-state index is -0.391. The zero-order chi connectivity index (χ0) is 24.2. The van der Waals surface area contributed by atoms with Crippen molar-refractivity contribution in [2.75, 3.05) is 31.6 Å². The first-order valence-electron chi connectivity index (χ1n) is 11.7. The van der Waals surface area contributed by atoms with Gasteiger partial charge in [0.15, 0.2) is 13.2 Å². The smallest absolute Gasteiger partial charge is 0.274 e. The first-order chi connectivity index (χ1) is 17.1. The number of para-hydroxylation sites is 2. The molecular weight excluding hydrogens is 446 g/mol. The van der Waals surface area contributed by atoms with Gasteiger partial charge in [-0.25, -0.2) is 0 Å². The quantitative estimate of drug-likeness (QED) is 0.570. The lowest BCUT2D eigenvalue weighted by molar-refractivity contribution is -0.136. The van der Waals surface area contributed by atoms with Gasteiger partial charge < -0.3 is 24.3 Å². The molecule has 1 saturated heterocycles. The van der Waals surface area contributed by atoms with Gasteiger partial charge in [0.2, 0.25) is 0 Å². The van der Waals surface area contributed by atoms with Crippen molar-refractivity contribution in [3.05, 3.63) is 88.8 Å². The largest absolute Gasteiger partial charge is 0.484 e. The lowest BCUT2D eigenvalue weighted by Crippen LogP contribution is -2.50. The molecule has 0 saturated carbocycles. The van der Waals surface area contributed by atoms with Gasteiger partial charge >= 0.3 is 0 Å². The fourth-order valence-corrected chi connectivity index (χ4v) is 4.85. The van der Waals surface area contributed by atoms with Gasteiger partial charge in [0.25, 0.3) is 17.4 Å². The summed E-state index contributed by atoms with van der Waals surface area (Å²) < 4.78 is 12.8. The molecule has 0 aliphatic carbocycles. The molecule has 1 fully saturated rings. The van der Waals surface area contributed by atoms with Gasteiger partial charge in [-0.1, -0.05) is 36.4 Å². The summed E-state index contributed by atoms with van der Waals surface area (Å²) in [7, 11) is 0. The Morgan fingerprint density at radius 1 is 0.829 bits per heavy atom. The van der Waals surface area contributed by atoms with Gasteiger partial charge in [-0.3, -0.25) is 14.4 Å². The van der Waals surface area contributed by atoms with Gasteiger partial charge in [-0.2, -0.15) is 0 Å². The van der Waals surface area contributed by atoms with Crippen LogP contribution in [0.1, 0.15) is 18.0 Å². The van der Waals surface area contributed by atoms with Crippen molar-refractivity contribution in [1.82, 2.24) is 9.47 Å². The highest BCUT2D eigenvalue weighted by Crippen LogP contribution is 2.35. The number of anilines is 1. The molecule has 8 nitrogen and oxygen atoms in total. The molecule has 2 atom stereocenters. The Hall–Kier alpha value is -4.07. The minimum absolute atomic E-state index is 0.00766. The van der Waals surface area contributed by atoms with Gasteiger partial charge in [-0.15, -0.1) is 0 Å². The Balaban J connectivity index is 1.22. The fourth-order valence-electron chi connectivity index (χ4n) is 4.85. The highest BCUT2D eigenvalue weighted by atomic mass is 16.5. The predicted molar refractivity (Wildman–Crippen MR) is 131 cm³/mol. The lowest BCUT2D eigenvalue weighted by Gasteiger charge is -2.42. The summed E-state index contributed by atoms with van der Waals surface area (Å²) in [6, 6.07) is 21.9. The molecule has 35 heavy (non-hydrogen) atoms. The molecule has 5 rings (SSSR count). The van der Waals surface area contributed by atoms with E-state index in [-0.39, 0.29) is 42.2 Å². The van der Waals surface area contributed by atoms with E-state index in [4.69, 9.17) is 9.47 Å². The van der Waals surface area contributed by atoms with Crippen molar-refractivity contribution >= 4 is 17.5 Å². The van der Waals surface area contributed by atoms with E-state index in [9.17, 15) is 14.4 Å². The number of aromatic nitrogens is 1. The second-order valence-electron chi connectivity index (χ2n) is 8.94. The Morgan fingerprint density at radius 2 is 1.49 bits per heavy atom. The van der Waals surface area contributed by atoms with E-state index < -0.39 is 5.91 Å². The second-order valence-corrected chi connectivity index (χ2v) is 8.94. The average molecular weight is 474 g/mol. The van der Waals surface area contributed by atoms with Crippen molar-refractivity contribution in [3.8, 4) is 11.5 Å². The maximum Gasteiger partial charge on any atom is 0.274 e. The van der Waals surface area contributed by atoms with Gasteiger partial charge in [-0.05, 0) is 48.7 Å². The third-order valence-electron chi connectivity index (χ3n) is 6.45. The summed E-state index contributed by atoms with van der Waals surface area (Å²) in [6.07, 6.45) is 0.930. The number of amides is 2.